The van der Waals surface area contributed by atoms with Gasteiger partial charge in [0.05, 0.1) is 16.3 Å². The molecule has 0 N–H and O–H groups in total. The van der Waals surface area contributed by atoms with E-state index in [9.17, 15) is 13.2 Å². The SMILES string of the molecule is O=C1/C(=C\c2ccc(OS(=O)(=O)c3ccccc3)c(Cl)c2)C(c2ccccc2)=NN1c1ccccc1. The first-order valence-electron chi connectivity index (χ1n) is 11.0. The summed E-state index contributed by atoms with van der Waals surface area (Å²) in [5.41, 5.74) is 2.92. The number of hydrazone groups is 1. The van der Waals surface area contributed by atoms with E-state index in [4.69, 9.17) is 15.8 Å². The minimum atomic E-state index is -4.04. The maximum atomic E-state index is 13.4. The second-order valence-electron chi connectivity index (χ2n) is 7.87. The third kappa shape index (κ3) is 4.79. The van der Waals surface area contributed by atoms with Gasteiger partial charge in [-0.05, 0) is 48.0 Å². The van der Waals surface area contributed by atoms with Gasteiger partial charge in [0, 0.05) is 5.56 Å². The van der Waals surface area contributed by atoms with Crippen molar-refractivity contribution in [1.29, 1.82) is 0 Å². The molecule has 1 amide bonds. The summed E-state index contributed by atoms with van der Waals surface area (Å²) in [4.78, 5) is 13.4. The van der Waals surface area contributed by atoms with Gasteiger partial charge >= 0.3 is 10.1 Å². The molecule has 0 saturated heterocycles. The van der Waals surface area contributed by atoms with Crippen LogP contribution in [0.5, 0.6) is 5.75 Å². The number of hydrogen-bond donors (Lipinski definition) is 0. The summed E-state index contributed by atoms with van der Waals surface area (Å²) in [5, 5.41) is 6.06. The van der Waals surface area contributed by atoms with Gasteiger partial charge in [-0.3, -0.25) is 4.79 Å². The van der Waals surface area contributed by atoms with Crippen molar-refractivity contribution in [1.82, 2.24) is 0 Å². The van der Waals surface area contributed by atoms with E-state index in [1.807, 2.05) is 60.7 Å². The summed E-state index contributed by atoms with van der Waals surface area (Å²) in [6.45, 7) is 0. The number of carbonyl (C=O) groups is 1. The quantitative estimate of drug-likeness (QED) is 0.235. The van der Waals surface area contributed by atoms with Crippen LogP contribution in [0, 0.1) is 0 Å². The first-order chi connectivity index (χ1) is 17.4. The van der Waals surface area contributed by atoms with E-state index in [0.29, 0.717) is 22.5 Å². The summed E-state index contributed by atoms with van der Waals surface area (Å²) < 4.78 is 30.4. The topological polar surface area (TPSA) is 76.0 Å². The van der Waals surface area contributed by atoms with Gasteiger partial charge in [-0.25, -0.2) is 0 Å². The number of para-hydroxylation sites is 1. The van der Waals surface area contributed by atoms with Crippen LogP contribution >= 0.6 is 11.6 Å². The molecule has 5 rings (SSSR count). The monoisotopic (exact) mass is 514 g/mol. The molecule has 4 aromatic rings. The van der Waals surface area contributed by atoms with Crippen molar-refractivity contribution in [3.05, 3.63) is 131 Å². The third-order valence-electron chi connectivity index (χ3n) is 5.42. The lowest BCUT2D eigenvalue weighted by Crippen LogP contribution is -2.21. The van der Waals surface area contributed by atoms with Crippen molar-refractivity contribution in [3.8, 4) is 5.75 Å². The van der Waals surface area contributed by atoms with Crippen molar-refractivity contribution in [2.75, 3.05) is 5.01 Å². The lowest BCUT2D eigenvalue weighted by atomic mass is 10.0. The molecule has 1 aliphatic heterocycles. The van der Waals surface area contributed by atoms with Gasteiger partial charge in [0.15, 0.2) is 5.75 Å². The summed E-state index contributed by atoms with van der Waals surface area (Å²) in [6, 6.07) is 31.0. The molecule has 1 heterocycles. The molecular formula is C28H19ClN2O4S. The predicted octanol–water partition coefficient (Wildman–Crippen LogP) is 5.94. The average Bonchev–Trinajstić information content (AvgIpc) is 3.23. The molecule has 36 heavy (non-hydrogen) atoms. The van der Waals surface area contributed by atoms with Crippen LogP contribution in [-0.4, -0.2) is 20.0 Å². The molecule has 0 atom stereocenters. The Morgan fingerprint density at radius 1 is 0.806 bits per heavy atom. The van der Waals surface area contributed by atoms with Crippen LogP contribution in [0.1, 0.15) is 11.1 Å². The van der Waals surface area contributed by atoms with E-state index in [2.05, 4.69) is 5.10 Å². The first-order valence-corrected chi connectivity index (χ1v) is 12.8. The van der Waals surface area contributed by atoms with Crippen molar-refractivity contribution >= 4 is 45.1 Å². The summed E-state index contributed by atoms with van der Waals surface area (Å²) in [6.07, 6.45) is 1.68. The van der Waals surface area contributed by atoms with Crippen LogP contribution in [-0.2, 0) is 14.9 Å². The second kappa shape index (κ2) is 9.81. The van der Waals surface area contributed by atoms with E-state index in [1.165, 1.54) is 23.2 Å². The predicted molar refractivity (Wildman–Crippen MR) is 141 cm³/mol. The molecule has 0 fully saturated rings. The highest BCUT2D eigenvalue weighted by Gasteiger charge is 2.32. The minimum absolute atomic E-state index is 0.0109. The highest BCUT2D eigenvalue weighted by Crippen LogP contribution is 2.31. The Hall–Kier alpha value is -4.20. The van der Waals surface area contributed by atoms with Crippen molar-refractivity contribution in [2.24, 2.45) is 5.10 Å². The van der Waals surface area contributed by atoms with E-state index in [-0.39, 0.29) is 21.6 Å². The van der Waals surface area contributed by atoms with Crippen LogP contribution in [0.25, 0.3) is 6.08 Å². The fourth-order valence-electron chi connectivity index (χ4n) is 3.69. The summed E-state index contributed by atoms with van der Waals surface area (Å²) >= 11 is 6.38. The Morgan fingerprint density at radius 3 is 2.06 bits per heavy atom. The van der Waals surface area contributed by atoms with Crippen molar-refractivity contribution in [2.45, 2.75) is 4.90 Å². The van der Waals surface area contributed by atoms with E-state index < -0.39 is 10.1 Å². The molecule has 178 valence electrons. The molecule has 0 bridgehead atoms. The van der Waals surface area contributed by atoms with Crippen LogP contribution in [0.4, 0.5) is 5.69 Å². The number of amides is 1. The number of benzene rings is 4. The van der Waals surface area contributed by atoms with Gasteiger partial charge in [0.2, 0.25) is 0 Å². The van der Waals surface area contributed by atoms with Gasteiger partial charge in [0.1, 0.15) is 10.6 Å². The Balaban J connectivity index is 1.49. The molecule has 0 aliphatic carbocycles. The zero-order valence-electron chi connectivity index (χ0n) is 18.8. The van der Waals surface area contributed by atoms with Gasteiger partial charge in [-0.15, -0.1) is 0 Å². The number of rotatable bonds is 6. The van der Waals surface area contributed by atoms with Crippen molar-refractivity contribution in [3.63, 3.8) is 0 Å². The fourth-order valence-corrected chi connectivity index (χ4v) is 4.93. The number of hydrogen-bond acceptors (Lipinski definition) is 5. The Morgan fingerprint density at radius 2 is 1.42 bits per heavy atom. The van der Waals surface area contributed by atoms with Gasteiger partial charge in [-0.2, -0.15) is 18.5 Å². The highest BCUT2D eigenvalue weighted by molar-refractivity contribution is 7.87. The Bertz CT molecular complexity index is 1590. The van der Waals surface area contributed by atoms with Gasteiger partial charge in [-0.1, -0.05) is 84.4 Å². The lowest BCUT2D eigenvalue weighted by Gasteiger charge is -2.11. The lowest BCUT2D eigenvalue weighted by molar-refractivity contribution is -0.114. The highest BCUT2D eigenvalue weighted by atomic mass is 35.5. The van der Waals surface area contributed by atoms with Gasteiger partial charge in [0.25, 0.3) is 5.91 Å². The largest absolute Gasteiger partial charge is 0.377 e. The first kappa shape index (κ1) is 23.5. The summed E-state index contributed by atoms with van der Waals surface area (Å²) in [5.74, 6) is -0.300. The Labute approximate surface area is 213 Å². The second-order valence-corrected chi connectivity index (χ2v) is 9.82. The molecule has 0 radical (unpaired) electrons. The van der Waals surface area contributed by atoms with Crippen molar-refractivity contribution < 1.29 is 17.4 Å². The molecule has 0 saturated carbocycles. The molecular weight excluding hydrogens is 496 g/mol. The average molecular weight is 515 g/mol. The normalized spacial score (nSPS) is 14.7. The molecule has 0 unspecified atom stereocenters. The zero-order chi connectivity index (χ0) is 25.1. The number of halogens is 1. The maximum Gasteiger partial charge on any atom is 0.339 e. The molecule has 1 aliphatic rings. The standard InChI is InChI=1S/C28H19ClN2O4S/c29-25-19-20(16-17-26(25)35-36(33,34)23-14-8-3-9-15-23)18-24-27(21-10-4-1-5-11-21)30-31(28(24)32)22-12-6-2-7-13-22/h1-19H/b24-18-. The van der Waals surface area contributed by atoms with E-state index in [0.717, 1.165) is 5.56 Å². The molecule has 0 spiro atoms. The van der Waals surface area contributed by atoms with Crippen LogP contribution in [0.15, 0.2) is 125 Å². The molecule has 8 heteroatoms. The van der Waals surface area contributed by atoms with Crippen LogP contribution in [0.2, 0.25) is 5.02 Å². The summed E-state index contributed by atoms with van der Waals surface area (Å²) in [7, 11) is -4.04. The fraction of sp³-hybridized carbons (Fsp3) is 0. The Kier molecular flexibility index (Phi) is 6.41. The minimum Gasteiger partial charge on any atom is -0.377 e. The number of anilines is 1. The maximum absolute atomic E-state index is 13.4. The molecule has 6 nitrogen and oxygen atoms in total. The van der Waals surface area contributed by atoms with Crippen LogP contribution < -0.4 is 9.19 Å². The third-order valence-corrected chi connectivity index (χ3v) is 6.97. The zero-order valence-corrected chi connectivity index (χ0v) is 20.4. The smallest absolute Gasteiger partial charge is 0.339 e. The van der Waals surface area contributed by atoms with Gasteiger partial charge < -0.3 is 4.18 Å². The number of nitrogens with zero attached hydrogens (tertiary/aromatic N) is 2. The van der Waals surface area contributed by atoms with E-state index >= 15 is 0 Å². The van der Waals surface area contributed by atoms with E-state index in [1.54, 1.807) is 36.4 Å². The molecule has 4 aromatic carbocycles. The molecule has 0 aromatic heterocycles. The van der Waals surface area contributed by atoms with Crippen LogP contribution in [0.3, 0.4) is 0 Å². The number of carbonyl (C=O) groups excluding carboxylic acids is 1.